The Balaban J connectivity index is 1.68. The second kappa shape index (κ2) is 6.38. The van der Waals surface area contributed by atoms with Gasteiger partial charge in [0.15, 0.2) is 0 Å². The van der Waals surface area contributed by atoms with Gasteiger partial charge in [-0.3, -0.25) is 9.69 Å². The molecule has 0 aromatic heterocycles. The second-order valence-electron chi connectivity index (χ2n) is 8.01. The molecule has 3 atom stereocenters. The number of amides is 1. The van der Waals surface area contributed by atoms with Crippen molar-refractivity contribution in [1.82, 2.24) is 9.80 Å². The van der Waals surface area contributed by atoms with Crippen molar-refractivity contribution in [2.24, 2.45) is 0 Å². The number of fused-ring (bicyclic) bond motifs is 1. The number of benzene rings is 1. The van der Waals surface area contributed by atoms with E-state index < -0.39 is 5.54 Å². The Bertz CT molecular complexity index is 627. The van der Waals surface area contributed by atoms with Gasteiger partial charge in [0.2, 0.25) is 5.91 Å². The number of nitrogens with zero attached hydrogens (tertiary/aromatic N) is 2. The van der Waals surface area contributed by atoms with Gasteiger partial charge in [0.05, 0.1) is 18.3 Å². The van der Waals surface area contributed by atoms with E-state index in [9.17, 15) is 9.90 Å². The van der Waals surface area contributed by atoms with Gasteiger partial charge < -0.3 is 14.7 Å². The fourth-order valence-electron chi connectivity index (χ4n) is 4.85. The summed E-state index contributed by atoms with van der Waals surface area (Å²) in [7, 11) is 0. The van der Waals surface area contributed by atoms with Crippen LogP contribution in [0.2, 0.25) is 0 Å². The van der Waals surface area contributed by atoms with Gasteiger partial charge in [-0.15, -0.1) is 0 Å². The first-order chi connectivity index (χ1) is 12.0. The van der Waals surface area contributed by atoms with Crippen molar-refractivity contribution in [2.75, 3.05) is 26.2 Å². The number of ether oxygens (including phenoxy) is 1. The molecule has 2 heterocycles. The molecule has 136 valence electrons. The Morgan fingerprint density at radius 1 is 1.12 bits per heavy atom. The minimum atomic E-state index is -0.528. The zero-order valence-electron chi connectivity index (χ0n) is 15.1. The molecule has 0 unspecified atom stereocenters. The number of aliphatic hydroxyl groups excluding tert-OH is 1. The average molecular weight is 344 g/mol. The number of hydrogen-bond acceptors (Lipinski definition) is 4. The molecule has 1 N–H and O–H groups in total. The summed E-state index contributed by atoms with van der Waals surface area (Å²) in [5, 5.41) is 9.92. The minimum Gasteiger partial charge on any atom is -0.391 e. The zero-order chi connectivity index (χ0) is 17.6. The first kappa shape index (κ1) is 17.0. The highest BCUT2D eigenvalue weighted by Crippen LogP contribution is 2.38. The summed E-state index contributed by atoms with van der Waals surface area (Å²) in [4.78, 5) is 17.9. The van der Waals surface area contributed by atoms with Gasteiger partial charge in [0, 0.05) is 39.0 Å². The molecule has 2 saturated heterocycles. The summed E-state index contributed by atoms with van der Waals surface area (Å²) >= 11 is 0. The van der Waals surface area contributed by atoms with E-state index in [1.165, 1.54) is 11.1 Å². The summed E-state index contributed by atoms with van der Waals surface area (Å²) in [6.07, 6.45) is 2.07. The van der Waals surface area contributed by atoms with E-state index in [1.54, 1.807) is 0 Å². The average Bonchev–Trinajstić information content (AvgIpc) is 3.17. The number of β-amino-alcohol motifs (C(OH)–C–C–N with tert-alkyl or cyclic N) is 1. The molecule has 2 fully saturated rings. The van der Waals surface area contributed by atoms with E-state index in [2.05, 4.69) is 43.0 Å². The van der Waals surface area contributed by atoms with Gasteiger partial charge in [-0.05, 0) is 31.4 Å². The molecule has 1 aliphatic carbocycles. The Morgan fingerprint density at radius 2 is 1.72 bits per heavy atom. The molecule has 1 amide bonds. The molecule has 2 aliphatic heterocycles. The number of morpholine rings is 1. The Kier molecular flexibility index (Phi) is 4.34. The first-order valence-electron chi connectivity index (χ1n) is 9.43. The molecule has 5 heteroatoms. The number of likely N-dealkylation sites (tertiary alicyclic amines) is 1. The van der Waals surface area contributed by atoms with Crippen molar-refractivity contribution in [2.45, 2.75) is 57.0 Å². The second-order valence-corrected chi connectivity index (χ2v) is 8.01. The summed E-state index contributed by atoms with van der Waals surface area (Å²) < 4.78 is 5.91. The van der Waals surface area contributed by atoms with Crippen LogP contribution in [0.3, 0.4) is 0 Å². The molecule has 0 saturated carbocycles. The van der Waals surface area contributed by atoms with E-state index in [0.29, 0.717) is 19.5 Å². The van der Waals surface area contributed by atoms with Crippen molar-refractivity contribution in [1.29, 1.82) is 0 Å². The Morgan fingerprint density at radius 3 is 2.24 bits per heavy atom. The van der Waals surface area contributed by atoms with Crippen LogP contribution in [0, 0.1) is 0 Å². The maximum atomic E-state index is 13.6. The molecule has 0 spiro atoms. The van der Waals surface area contributed by atoms with Crippen molar-refractivity contribution in [3.05, 3.63) is 35.4 Å². The normalized spacial score (nSPS) is 32.0. The molecular weight excluding hydrogens is 316 g/mol. The predicted octanol–water partition coefficient (Wildman–Crippen LogP) is 1.23. The number of hydrogen-bond donors (Lipinski definition) is 1. The largest absolute Gasteiger partial charge is 0.391 e. The van der Waals surface area contributed by atoms with E-state index >= 15 is 0 Å². The summed E-state index contributed by atoms with van der Waals surface area (Å²) in [5.41, 5.74) is 2.03. The Labute approximate surface area is 149 Å². The third-order valence-electron chi connectivity index (χ3n) is 5.96. The van der Waals surface area contributed by atoms with Crippen LogP contribution >= 0.6 is 0 Å². The number of aliphatic hydroxyl groups is 1. The molecule has 1 aromatic carbocycles. The van der Waals surface area contributed by atoms with Gasteiger partial charge in [-0.2, -0.15) is 0 Å². The number of carbonyl (C=O) groups is 1. The predicted molar refractivity (Wildman–Crippen MR) is 95.4 cm³/mol. The fraction of sp³-hybridized carbons (Fsp3) is 0.650. The van der Waals surface area contributed by atoms with Crippen LogP contribution in [0.25, 0.3) is 0 Å². The minimum absolute atomic E-state index is 0.126. The smallest absolute Gasteiger partial charge is 0.243 e. The fourth-order valence-corrected chi connectivity index (χ4v) is 4.85. The van der Waals surface area contributed by atoms with Crippen molar-refractivity contribution in [3.63, 3.8) is 0 Å². The molecule has 3 aliphatic rings. The maximum absolute atomic E-state index is 13.6. The highest BCUT2D eigenvalue weighted by atomic mass is 16.5. The van der Waals surface area contributed by atoms with Gasteiger partial charge in [-0.1, -0.05) is 24.3 Å². The van der Waals surface area contributed by atoms with E-state index in [1.807, 2.05) is 4.90 Å². The van der Waals surface area contributed by atoms with E-state index in [-0.39, 0.29) is 24.2 Å². The van der Waals surface area contributed by atoms with Crippen LogP contribution in [-0.2, 0) is 22.4 Å². The highest BCUT2D eigenvalue weighted by Gasteiger charge is 2.52. The molecule has 4 rings (SSSR count). The van der Waals surface area contributed by atoms with Crippen LogP contribution in [0.15, 0.2) is 24.3 Å². The number of carbonyl (C=O) groups excluding carboxylic acids is 1. The van der Waals surface area contributed by atoms with Gasteiger partial charge >= 0.3 is 0 Å². The van der Waals surface area contributed by atoms with Crippen LogP contribution in [0.5, 0.6) is 0 Å². The highest BCUT2D eigenvalue weighted by molar-refractivity contribution is 5.88. The lowest BCUT2D eigenvalue weighted by molar-refractivity contribution is -0.153. The lowest BCUT2D eigenvalue weighted by Gasteiger charge is -2.47. The summed E-state index contributed by atoms with van der Waals surface area (Å²) in [6.45, 7) is 6.85. The molecule has 0 bridgehead atoms. The van der Waals surface area contributed by atoms with Gasteiger partial charge in [0.25, 0.3) is 0 Å². The zero-order valence-corrected chi connectivity index (χ0v) is 15.1. The maximum Gasteiger partial charge on any atom is 0.243 e. The first-order valence-corrected chi connectivity index (χ1v) is 9.43. The molecule has 0 radical (unpaired) electrons. The summed E-state index contributed by atoms with van der Waals surface area (Å²) in [6, 6.07) is 8.42. The number of rotatable bonds is 2. The van der Waals surface area contributed by atoms with E-state index in [4.69, 9.17) is 4.74 Å². The quantitative estimate of drug-likeness (QED) is 0.877. The van der Waals surface area contributed by atoms with Crippen LogP contribution < -0.4 is 0 Å². The van der Waals surface area contributed by atoms with Crippen LogP contribution in [0.4, 0.5) is 0 Å². The lowest BCUT2D eigenvalue weighted by Crippen LogP contribution is -2.65. The van der Waals surface area contributed by atoms with Crippen molar-refractivity contribution >= 4 is 5.91 Å². The van der Waals surface area contributed by atoms with Crippen molar-refractivity contribution < 1.29 is 14.6 Å². The lowest BCUT2D eigenvalue weighted by atomic mass is 9.89. The Hall–Kier alpha value is -1.43. The van der Waals surface area contributed by atoms with Gasteiger partial charge in [0.1, 0.15) is 5.54 Å². The van der Waals surface area contributed by atoms with Crippen molar-refractivity contribution in [3.8, 4) is 0 Å². The third kappa shape index (κ3) is 2.98. The molecular formula is C20H28N2O3. The monoisotopic (exact) mass is 344 g/mol. The molecule has 25 heavy (non-hydrogen) atoms. The molecule has 1 aromatic rings. The van der Waals surface area contributed by atoms with E-state index in [0.717, 1.165) is 25.9 Å². The van der Waals surface area contributed by atoms with Crippen LogP contribution in [0.1, 0.15) is 31.4 Å². The molecule has 5 nitrogen and oxygen atoms in total. The standard InChI is InChI=1S/C20H28N2O3/c1-14-11-22(12-15(2)25-14)20(19(24)21-8-7-18(23)13-21)9-16-5-3-4-6-17(16)10-20/h3-6,14-15,18,23H,7-13H2,1-2H3/t14-,15+,18-/m0/s1. The van der Waals surface area contributed by atoms with Gasteiger partial charge in [-0.25, -0.2) is 0 Å². The topological polar surface area (TPSA) is 53.0 Å². The SMILES string of the molecule is C[C@@H]1CN(C2(C(=O)N3CC[C@H](O)C3)Cc3ccccc3C2)C[C@H](C)O1. The third-order valence-corrected chi connectivity index (χ3v) is 5.96. The summed E-state index contributed by atoms with van der Waals surface area (Å²) in [5.74, 6) is 0.182. The van der Waals surface area contributed by atoms with Crippen LogP contribution in [-0.4, -0.2) is 70.8 Å².